The molecule has 1 saturated carbocycles. The van der Waals surface area contributed by atoms with Crippen LogP contribution in [0.25, 0.3) is 0 Å². The summed E-state index contributed by atoms with van der Waals surface area (Å²) in [5.41, 5.74) is 2.05. The van der Waals surface area contributed by atoms with E-state index in [1.807, 2.05) is 12.1 Å². The van der Waals surface area contributed by atoms with Crippen LogP contribution in [0.2, 0.25) is 0 Å². The summed E-state index contributed by atoms with van der Waals surface area (Å²) in [6.45, 7) is 3.99. The van der Waals surface area contributed by atoms with Crippen LogP contribution in [0.5, 0.6) is 0 Å². The van der Waals surface area contributed by atoms with E-state index in [1.54, 1.807) is 0 Å². The molecule has 0 bridgehead atoms. The molecule has 0 N–H and O–H groups in total. The van der Waals surface area contributed by atoms with Gasteiger partial charge in [0.1, 0.15) is 0 Å². The second kappa shape index (κ2) is 5.68. The fourth-order valence-electron chi connectivity index (χ4n) is 2.87. The molecular formula is C16H19N. The minimum atomic E-state index is 0.461. The number of hydrogen-bond acceptors (Lipinski definition) is 1. The van der Waals surface area contributed by atoms with Gasteiger partial charge in [-0.25, -0.2) is 0 Å². The third-order valence-electron chi connectivity index (χ3n) is 3.84. The molecule has 0 amide bonds. The lowest BCUT2D eigenvalue weighted by Crippen LogP contribution is -2.14. The maximum Gasteiger partial charge on any atom is 0.0991 e. The highest BCUT2D eigenvalue weighted by atomic mass is 14.3. The molecular weight excluding hydrogens is 206 g/mol. The van der Waals surface area contributed by atoms with Gasteiger partial charge in [0.2, 0.25) is 0 Å². The first-order valence-corrected chi connectivity index (χ1v) is 6.48. The van der Waals surface area contributed by atoms with Crippen molar-refractivity contribution in [2.75, 3.05) is 0 Å². The van der Waals surface area contributed by atoms with Crippen LogP contribution in [0.15, 0.2) is 36.9 Å². The van der Waals surface area contributed by atoms with Crippen molar-refractivity contribution in [3.05, 3.63) is 48.0 Å². The number of rotatable bonds is 3. The highest BCUT2D eigenvalue weighted by molar-refractivity contribution is 5.34. The molecule has 0 heterocycles. The van der Waals surface area contributed by atoms with Gasteiger partial charge in [-0.05, 0) is 36.5 Å². The van der Waals surface area contributed by atoms with Crippen molar-refractivity contribution < 1.29 is 0 Å². The Morgan fingerprint density at radius 3 is 2.35 bits per heavy atom. The van der Waals surface area contributed by atoms with Crippen molar-refractivity contribution >= 4 is 0 Å². The van der Waals surface area contributed by atoms with Gasteiger partial charge in [-0.15, -0.1) is 6.58 Å². The molecule has 1 unspecified atom stereocenters. The molecule has 0 radical (unpaired) electrons. The van der Waals surface area contributed by atoms with Crippen LogP contribution in [0, 0.1) is 17.2 Å². The van der Waals surface area contributed by atoms with E-state index < -0.39 is 0 Å². The summed E-state index contributed by atoms with van der Waals surface area (Å²) in [5, 5.41) is 8.80. The fraction of sp³-hybridized carbons (Fsp3) is 0.438. The number of benzene rings is 1. The SMILES string of the molecule is C=CC(c1ccc(C#N)cc1)C1CCCCC1. The molecule has 1 heteroatoms. The minimum Gasteiger partial charge on any atom is -0.192 e. The Kier molecular flexibility index (Phi) is 3.98. The van der Waals surface area contributed by atoms with Crippen molar-refractivity contribution in [2.24, 2.45) is 5.92 Å². The summed E-state index contributed by atoms with van der Waals surface area (Å²) >= 11 is 0. The van der Waals surface area contributed by atoms with Gasteiger partial charge in [-0.2, -0.15) is 5.26 Å². The Morgan fingerprint density at radius 2 is 1.82 bits per heavy atom. The summed E-state index contributed by atoms with van der Waals surface area (Å²) in [6.07, 6.45) is 8.80. The predicted octanol–water partition coefficient (Wildman–Crippen LogP) is 4.41. The quantitative estimate of drug-likeness (QED) is 0.699. The van der Waals surface area contributed by atoms with E-state index in [-0.39, 0.29) is 0 Å². The zero-order chi connectivity index (χ0) is 12.1. The van der Waals surface area contributed by atoms with Crippen molar-refractivity contribution in [3.8, 4) is 6.07 Å². The third-order valence-corrected chi connectivity index (χ3v) is 3.84. The summed E-state index contributed by atoms with van der Waals surface area (Å²) < 4.78 is 0. The molecule has 17 heavy (non-hydrogen) atoms. The van der Waals surface area contributed by atoms with Crippen molar-refractivity contribution in [3.63, 3.8) is 0 Å². The smallest absolute Gasteiger partial charge is 0.0991 e. The van der Waals surface area contributed by atoms with Crippen LogP contribution >= 0.6 is 0 Å². The number of allylic oxidation sites excluding steroid dienone is 1. The highest BCUT2D eigenvalue weighted by Crippen LogP contribution is 2.36. The first-order valence-electron chi connectivity index (χ1n) is 6.48. The van der Waals surface area contributed by atoms with E-state index in [1.165, 1.54) is 37.7 Å². The molecule has 1 aliphatic carbocycles. The first kappa shape index (κ1) is 11.9. The molecule has 1 aromatic carbocycles. The van der Waals surface area contributed by atoms with E-state index in [0.717, 1.165) is 11.5 Å². The Balaban J connectivity index is 2.16. The summed E-state index contributed by atoms with van der Waals surface area (Å²) in [5.74, 6) is 1.21. The van der Waals surface area contributed by atoms with Crippen LogP contribution in [0.4, 0.5) is 0 Å². The molecule has 1 nitrogen and oxygen atoms in total. The fourth-order valence-corrected chi connectivity index (χ4v) is 2.87. The van der Waals surface area contributed by atoms with Gasteiger partial charge in [0.25, 0.3) is 0 Å². The lowest BCUT2D eigenvalue weighted by Gasteiger charge is -2.28. The molecule has 0 aliphatic heterocycles. The Hall–Kier alpha value is -1.55. The standard InChI is InChI=1S/C16H19N/c1-2-16(14-6-4-3-5-7-14)15-10-8-13(12-17)9-11-15/h2,8-11,14,16H,1,3-7H2. The lowest BCUT2D eigenvalue weighted by molar-refractivity contribution is 0.332. The largest absolute Gasteiger partial charge is 0.192 e. The summed E-state index contributed by atoms with van der Waals surface area (Å²) in [6, 6.07) is 10.2. The van der Waals surface area contributed by atoms with Gasteiger partial charge in [0, 0.05) is 5.92 Å². The summed E-state index contributed by atoms with van der Waals surface area (Å²) in [7, 11) is 0. The number of hydrogen-bond donors (Lipinski definition) is 0. The minimum absolute atomic E-state index is 0.461. The molecule has 1 fully saturated rings. The molecule has 0 saturated heterocycles. The van der Waals surface area contributed by atoms with Crippen LogP contribution in [-0.2, 0) is 0 Å². The number of nitriles is 1. The molecule has 1 aliphatic rings. The van der Waals surface area contributed by atoms with Gasteiger partial charge >= 0.3 is 0 Å². The van der Waals surface area contributed by atoms with Gasteiger partial charge in [-0.3, -0.25) is 0 Å². The average molecular weight is 225 g/mol. The van der Waals surface area contributed by atoms with E-state index in [4.69, 9.17) is 5.26 Å². The molecule has 88 valence electrons. The molecule has 1 atom stereocenters. The van der Waals surface area contributed by atoms with Crippen LogP contribution < -0.4 is 0 Å². The van der Waals surface area contributed by atoms with Crippen LogP contribution in [0.1, 0.15) is 49.1 Å². The maximum atomic E-state index is 8.80. The zero-order valence-corrected chi connectivity index (χ0v) is 10.2. The van der Waals surface area contributed by atoms with E-state index in [2.05, 4.69) is 30.9 Å². The molecule has 0 spiro atoms. The topological polar surface area (TPSA) is 23.8 Å². The Labute approximate surface area is 104 Å². The molecule has 2 rings (SSSR count). The lowest BCUT2D eigenvalue weighted by atomic mass is 9.77. The van der Waals surface area contributed by atoms with Crippen molar-refractivity contribution in [1.82, 2.24) is 0 Å². The van der Waals surface area contributed by atoms with Gasteiger partial charge in [0.05, 0.1) is 11.6 Å². The van der Waals surface area contributed by atoms with Crippen LogP contribution in [0.3, 0.4) is 0 Å². The van der Waals surface area contributed by atoms with Crippen molar-refractivity contribution in [2.45, 2.75) is 38.0 Å². The highest BCUT2D eigenvalue weighted by Gasteiger charge is 2.22. The predicted molar refractivity (Wildman–Crippen MR) is 70.7 cm³/mol. The third kappa shape index (κ3) is 2.77. The molecule has 1 aromatic rings. The van der Waals surface area contributed by atoms with Gasteiger partial charge in [-0.1, -0.05) is 37.5 Å². The second-order valence-electron chi connectivity index (χ2n) is 4.89. The van der Waals surface area contributed by atoms with Gasteiger partial charge in [0.15, 0.2) is 0 Å². The van der Waals surface area contributed by atoms with E-state index in [9.17, 15) is 0 Å². The summed E-state index contributed by atoms with van der Waals surface area (Å²) in [4.78, 5) is 0. The maximum absolute atomic E-state index is 8.80. The second-order valence-corrected chi connectivity index (χ2v) is 4.89. The van der Waals surface area contributed by atoms with E-state index >= 15 is 0 Å². The Morgan fingerprint density at radius 1 is 1.18 bits per heavy atom. The molecule has 0 aromatic heterocycles. The monoisotopic (exact) mass is 225 g/mol. The Bertz CT molecular complexity index is 404. The zero-order valence-electron chi connectivity index (χ0n) is 10.2. The number of nitrogens with zero attached hydrogens (tertiary/aromatic N) is 1. The van der Waals surface area contributed by atoms with Gasteiger partial charge < -0.3 is 0 Å². The van der Waals surface area contributed by atoms with Crippen LogP contribution in [-0.4, -0.2) is 0 Å². The average Bonchev–Trinajstić information content (AvgIpc) is 2.42. The van der Waals surface area contributed by atoms with Crippen molar-refractivity contribution in [1.29, 1.82) is 5.26 Å². The van der Waals surface area contributed by atoms with E-state index in [0.29, 0.717) is 5.92 Å². The first-order chi connectivity index (χ1) is 8.35. The normalized spacial score (nSPS) is 18.3.